The van der Waals surface area contributed by atoms with Crippen molar-refractivity contribution in [3.63, 3.8) is 0 Å². The summed E-state index contributed by atoms with van der Waals surface area (Å²) >= 11 is 0. The summed E-state index contributed by atoms with van der Waals surface area (Å²) in [5.41, 5.74) is -0.208. The fraction of sp³-hybridized carbons (Fsp3) is 0.818. The van der Waals surface area contributed by atoms with Crippen LogP contribution >= 0.6 is 0 Å². The van der Waals surface area contributed by atoms with Crippen LogP contribution in [0.4, 0.5) is 0 Å². The zero-order chi connectivity index (χ0) is 10.1. The molecular formula is C11H20O2. The summed E-state index contributed by atoms with van der Waals surface area (Å²) < 4.78 is 11.4. The Bertz CT molecular complexity index is 200. The molecule has 0 spiro atoms. The molecule has 0 saturated carbocycles. The van der Waals surface area contributed by atoms with Gasteiger partial charge in [0, 0.05) is 19.4 Å². The highest BCUT2D eigenvalue weighted by atomic mass is 16.7. The maximum absolute atomic E-state index is 5.96. The standard InChI is InChI=1S/C11H20O2/c1-6-10(4)7-8-11(12-5,13-10)9(2)3/h6,9H,1,7-8H2,2-5H3. The van der Waals surface area contributed by atoms with Gasteiger partial charge in [0.05, 0.1) is 5.60 Å². The van der Waals surface area contributed by atoms with Crippen molar-refractivity contribution in [3.05, 3.63) is 12.7 Å². The summed E-state index contributed by atoms with van der Waals surface area (Å²) in [6.45, 7) is 10.1. The molecule has 0 aromatic rings. The first-order chi connectivity index (χ1) is 5.98. The molecule has 1 saturated heterocycles. The van der Waals surface area contributed by atoms with Gasteiger partial charge in [-0.15, -0.1) is 6.58 Å². The summed E-state index contributed by atoms with van der Waals surface area (Å²) in [4.78, 5) is 0. The smallest absolute Gasteiger partial charge is 0.171 e. The van der Waals surface area contributed by atoms with Crippen molar-refractivity contribution < 1.29 is 9.47 Å². The highest BCUT2D eigenvalue weighted by molar-refractivity contribution is 5.01. The minimum absolute atomic E-state index is 0.208. The minimum atomic E-state index is -0.400. The molecule has 1 aliphatic rings. The van der Waals surface area contributed by atoms with Crippen LogP contribution < -0.4 is 0 Å². The summed E-state index contributed by atoms with van der Waals surface area (Å²) in [5, 5.41) is 0. The molecule has 0 aromatic carbocycles. The van der Waals surface area contributed by atoms with Gasteiger partial charge in [-0.05, 0) is 13.3 Å². The number of methoxy groups -OCH3 is 1. The van der Waals surface area contributed by atoms with E-state index in [0.29, 0.717) is 5.92 Å². The second kappa shape index (κ2) is 3.43. The first kappa shape index (κ1) is 10.7. The van der Waals surface area contributed by atoms with Gasteiger partial charge in [-0.1, -0.05) is 19.9 Å². The minimum Gasteiger partial charge on any atom is -0.353 e. The van der Waals surface area contributed by atoms with Gasteiger partial charge in [-0.2, -0.15) is 0 Å². The summed E-state index contributed by atoms with van der Waals surface area (Å²) in [7, 11) is 1.72. The van der Waals surface area contributed by atoms with E-state index in [-0.39, 0.29) is 5.60 Å². The highest BCUT2D eigenvalue weighted by Crippen LogP contribution is 2.43. The van der Waals surface area contributed by atoms with Crippen LogP contribution in [0.5, 0.6) is 0 Å². The lowest BCUT2D eigenvalue weighted by Gasteiger charge is -2.33. The van der Waals surface area contributed by atoms with Gasteiger partial charge in [0.1, 0.15) is 0 Å². The molecule has 1 fully saturated rings. The summed E-state index contributed by atoms with van der Waals surface area (Å²) in [5.74, 6) is -0.0255. The molecule has 0 radical (unpaired) electrons. The van der Waals surface area contributed by atoms with E-state index in [2.05, 4.69) is 27.4 Å². The van der Waals surface area contributed by atoms with Gasteiger partial charge in [0.25, 0.3) is 0 Å². The van der Waals surface area contributed by atoms with Crippen LogP contribution in [0.25, 0.3) is 0 Å². The average Bonchev–Trinajstić information content (AvgIpc) is 2.46. The van der Waals surface area contributed by atoms with Crippen molar-refractivity contribution >= 4 is 0 Å². The van der Waals surface area contributed by atoms with E-state index in [1.807, 2.05) is 6.08 Å². The third-order valence-electron chi connectivity index (χ3n) is 3.03. The predicted octanol–water partition coefficient (Wildman–Crippen LogP) is 2.74. The SMILES string of the molecule is C=CC1(C)CCC(OC)(C(C)C)O1. The van der Waals surface area contributed by atoms with Crippen LogP contribution in [0.1, 0.15) is 33.6 Å². The Balaban J connectivity index is 2.79. The van der Waals surface area contributed by atoms with Crippen molar-refractivity contribution in [1.82, 2.24) is 0 Å². The maximum Gasteiger partial charge on any atom is 0.171 e. The molecule has 0 bridgehead atoms. The summed E-state index contributed by atoms with van der Waals surface area (Å²) in [6.07, 6.45) is 3.81. The Morgan fingerprint density at radius 1 is 1.46 bits per heavy atom. The fourth-order valence-corrected chi connectivity index (χ4v) is 1.85. The van der Waals surface area contributed by atoms with E-state index in [0.717, 1.165) is 12.8 Å². The third kappa shape index (κ3) is 1.79. The molecular weight excluding hydrogens is 164 g/mol. The van der Waals surface area contributed by atoms with E-state index >= 15 is 0 Å². The molecule has 2 nitrogen and oxygen atoms in total. The number of hydrogen-bond donors (Lipinski definition) is 0. The zero-order valence-corrected chi connectivity index (χ0v) is 9.09. The Kier molecular flexibility index (Phi) is 2.83. The number of rotatable bonds is 3. The zero-order valence-electron chi connectivity index (χ0n) is 9.09. The van der Waals surface area contributed by atoms with Crippen LogP contribution in [0.2, 0.25) is 0 Å². The second-order valence-electron chi connectivity index (χ2n) is 4.29. The third-order valence-corrected chi connectivity index (χ3v) is 3.03. The molecule has 2 unspecified atom stereocenters. The molecule has 0 amide bonds. The first-order valence-electron chi connectivity index (χ1n) is 4.87. The fourth-order valence-electron chi connectivity index (χ4n) is 1.85. The Morgan fingerprint density at radius 2 is 2.08 bits per heavy atom. The number of hydrogen-bond acceptors (Lipinski definition) is 2. The monoisotopic (exact) mass is 184 g/mol. The Morgan fingerprint density at radius 3 is 2.31 bits per heavy atom. The Hall–Kier alpha value is -0.340. The highest BCUT2D eigenvalue weighted by Gasteiger charge is 2.47. The maximum atomic E-state index is 5.96. The molecule has 0 N–H and O–H groups in total. The van der Waals surface area contributed by atoms with E-state index in [1.165, 1.54) is 0 Å². The van der Waals surface area contributed by atoms with Gasteiger partial charge < -0.3 is 9.47 Å². The van der Waals surface area contributed by atoms with Crippen molar-refractivity contribution in [2.75, 3.05) is 7.11 Å². The van der Waals surface area contributed by atoms with Gasteiger partial charge in [0.15, 0.2) is 5.79 Å². The molecule has 1 rings (SSSR count). The molecule has 2 atom stereocenters. The van der Waals surface area contributed by atoms with E-state index < -0.39 is 5.79 Å². The van der Waals surface area contributed by atoms with Crippen molar-refractivity contribution in [1.29, 1.82) is 0 Å². The largest absolute Gasteiger partial charge is 0.353 e. The quantitative estimate of drug-likeness (QED) is 0.628. The topological polar surface area (TPSA) is 18.5 Å². The van der Waals surface area contributed by atoms with E-state index in [9.17, 15) is 0 Å². The van der Waals surface area contributed by atoms with Crippen molar-refractivity contribution in [3.8, 4) is 0 Å². The van der Waals surface area contributed by atoms with Gasteiger partial charge >= 0.3 is 0 Å². The number of ether oxygens (including phenoxy) is 2. The molecule has 1 aliphatic heterocycles. The Labute approximate surface area is 80.9 Å². The molecule has 2 heteroatoms. The van der Waals surface area contributed by atoms with Crippen LogP contribution in [0, 0.1) is 5.92 Å². The van der Waals surface area contributed by atoms with Crippen LogP contribution in [0.15, 0.2) is 12.7 Å². The first-order valence-corrected chi connectivity index (χ1v) is 4.87. The molecule has 0 aliphatic carbocycles. The molecule has 13 heavy (non-hydrogen) atoms. The summed E-state index contributed by atoms with van der Waals surface area (Å²) in [6, 6.07) is 0. The molecule has 1 heterocycles. The molecule has 76 valence electrons. The predicted molar refractivity (Wildman–Crippen MR) is 53.5 cm³/mol. The average molecular weight is 184 g/mol. The normalized spacial score (nSPS) is 39.8. The van der Waals surface area contributed by atoms with Gasteiger partial charge in [0.2, 0.25) is 0 Å². The van der Waals surface area contributed by atoms with Crippen molar-refractivity contribution in [2.45, 2.75) is 45.0 Å². The lowest BCUT2D eigenvalue weighted by atomic mass is 9.97. The van der Waals surface area contributed by atoms with Crippen LogP contribution in [-0.2, 0) is 9.47 Å². The van der Waals surface area contributed by atoms with Gasteiger partial charge in [-0.25, -0.2) is 0 Å². The van der Waals surface area contributed by atoms with E-state index in [1.54, 1.807) is 7.11 Å². The lowest BCUT2D eigenvalue weighted by Crippen LogP contribution is -2.39. The van der Waals surface area contributed by atoms with Crippen LogP contribution in [-0.4, -0.2) is 18.5 Å². The second-order valence-corrected chi connectivity index (χ2v) is 4.29. The van der Waals surface area contributed by atoms with Crippen LogP contribution in [0.3, 0.4) is 0 Å². The molecule has 0 aromatic heterocycles. The van der Waals surface area contributed by atoms with E-state index in [4.69, 9.17) is 9.47 Å². The van der Waals surface area contributed by atoms with Crippen molar-refractivity contribution in [2.24, 2.45) is 5.92 Å². The lowest BCUT2D eigenvalue weighted by molar-refractivity contribution is -0.248. The van der Waals surface area contributed by atoms with Gasteiger partial charge in [-0.3, -0.25) is 0 Å².